The first-order chi connectivity index (χ1) is 19.9. The van der Waals surface area contributed by atoms with E-state index >= 15 is 0 Å². The molecule has 1 saturated heterocycles. The predicted molar refractivity (Wildman–Crippen MR) is 151 cm³/mol. The molecule has 0 spiro atoms. The maximum Gasteiger partial charge on any atom is 0.255 e. The van der Waals surface area contributed by atoms with E-state index in [1.807, 2.05) is 65.3 Å². The number of ether oxygens (including phenoxy) is 2. The van der Waals surface area contributed by atoms with E-state index in [1.165, 1.54) is 4.90 Å². The molecule has 0 bridgehead atoms. The monoisotopic (exact) mass is 550 g/mol. The maximum absolute atomic E-state index is 13.5. The fourth-order valence-corrected chi connectivity index (χ4v) is 5.52. The van der Waals surface area contributed by atoms with Crippen molar-refractivity contribution in [2.75, 3.05) is 14.2 Å². The molecule has 1 fully saturated rings. The third kappa shape index (κ3) is 5.06. The van der Waals surface area contributed by atoms with E-state index in [-0.39, 0.29) is 30.7 Å². The van der Waals surface area contributed by atoms with Crippen LogP contribution in [-0.4, -0.2) is 57.6 Å². The average molecular weight is 551 g/mol. The first kappa shape index (κ1) is 26.3. The Morgan fingerprint density at radius 1 is 0.854 bits per heavy atom. The SMILES string of the molecule is COc1ccc(CN2C(=O)CCC(N3Cc4cc(-c5cc(OC)n(Cc6ccccc6)n5)ccc4C3=O)C2=O)cc1. The summed E-state index contributed by atoms with van der Waals surface area (Å²) in [6.07, 6.45) is 0.515. The van der Waals surface area contributed by atoms with Gasteiger partial charge in [0, 0.05) is 30.2 Å². The van der Waals surface area contributed by atoms with Crippen LogP contribution in [0, 0.1) is 0 Å². The molecule has 208 valence electrons. The van der Waals surface area contributed by atoms with Gasteiger partial charge >= 0.3 is 0 Å². The van der Waals surface area contributed by atoms with Gasteiger partial charge in [-0.15, -0.1) is 0 Å². The van der Waals surface area contributed by atoms with Gasteiger partial charge in [0.25, 0.3) is 11.8 Å². The highest BCUT2D eigenvalue weighted by molar-refractivity contribution is 6.05. The van der Waals surface area contributed by atoms with Gasteiger partial charge < -0.3 is 14.4 Å². The van der Waals surface area contributed by atoms with E-state index in [0.717, 1.165) is 27.9 Å². The van der Waals surface area contributed by atoms with E-state index in [2.05, 4.69) is 0 Å². The lowest BCUT2D eigenvalue weighted by Crippen LogP contribution is -2.54. The summed E-state index contributed by atoms with van der Waals surface area (Å²) in [5, 5.41) is 4.77. The van der Waals surface area contributed by atoms with E-state index in [1.54, 1.807) is 37.3 Å². The number of fused-ring (bicyclic) bond motifs is 1. The zero-order valence-corrected chi connectivity index (χ0v) is 22.9. The van der Waals surface area contributed by atoms with Crippen molar-refractivity contribution in [3.63, 3.8) is 0 Å². The van der Waals surface area contributed by atoms with E-state index < -0.39 is 6.04 Å². The Morgan fingerprint density at radius 3 is 2.34 bits per heavy atom. The Hall–Kier alpha value is -4.92. The highest BCUT2D eigenvalue weighted by atomic mass is 16.5. The lowest BCUT2D eigenvalue weighted by atomic mass is 10.0. The van der Waals surface area contributed by atoms with Gasteiger partial charge in [0.2, 0.25) is 11.8 Å². The average Bonchev–Trinajstić information content (AvgIpc) is 3.56. The number of hydrogen-bond donors (Lipinski definition) is 0. The third-order valence-corrected chi connectivity index (χ3v) is 7.72. The Kier molecular flexibility index (Phi) is 7.01. The van der Waals surface area contributed by atoms with Gasteiger partial charge in [0.05, 0.1) is 33.0 Å². The minimum Gasteiger partial charge on any atom is -0.497 e. The number of nitrogens with zero attached hydrogens (tertiary/aromatic N) is 4. The zero-order chi connectivity index (χ0) is 28.5. The first-order valence-electron chi connectivity index (χ1n) is 13.5. The highest BCUT2D eigenvalue weighted by Gasteiger charge is 2.42. The molecule has 4 aromatic rings. The minimum atomic E-state index is -0.695. The molecule has 3 aromatic carbocycles. The van der Waals surface area contributed by atoms with Crippen molar-refractivity contribution in [2.45, 2.75) is 38.5 Å². The molecule has 9 nitrogen and oxygen atoms in total. The summed E-state index contributed by atoms with van der Waals surface area (Å²) in [5.74, 6) is 0.563. The van der Waals surface area contributed by atoms with Crippen molar-refractivity contribution < 1.29 is 23.9 Å². The lowest BCUT2D eigenvalue weighted by molar-refractivity contribution is -0.153. The topological polar surface area (TPSA) is 94.0 Å². The third-order valence-electron chi connectivity index (χ3n) is 7.72. The molecule has 3 heterocycles. The van der Waals surface area contributed by atoms with Gasteiger partial charge in [0.15, 0.2) is 0 Å². The molecule has 3 amide bonds. The molecule has 6 rings (SSSR count). The van der Waals surface area contributed by atoms with Crippen molar-refractivity contribution in [1.82, 2.24) is 19.6 Å². The van der Waals surface area contributed by atoms with Crippen LogP contribution >= 0.6 is 0 Å². The number of rotatable bonds is 8. The number of hydrogen-bond acceptors (Lipinski definition) is 6. The Morgan fingerprint density at radius 2 is 1.61 bits per heavy atom. The Balaban J connectivity index is 1.21. The number of carbonyl (C=O) groups excluding carboxylic acids is 3. The van der Waals surface area contributed by atoms with Crippen molar-refractivity contribution in [3.8, 4) is 22.9 Å². The molecule has 0 radical (unpaired) electrons. The molecule has 1 atom stereocenters. The Labute approximate surface area is 237 Å². The molecule has 2 aliphatic heterocycles. The molecule has 41 heavy (non-hydrogen) atoms. The molecular weight excluding hydrogens is 520 g/mol. The smallest absolute Gasteiger partial charge is 0.255 e. The zero-order valence-electron chi connectivity index (χ0n) is 22.9. The molecular formula is C32H30N4O5. The second kappa shape index (κ2) is 10.9. The summed E-state index contributed by atoms with van der Waals surface area (Å²) < 4.78 is 12.6. The van der Waals surface area contributed by atoms with Gasteiger partial charge in [-0.3, -0.25) is 19.3 Å². The van der Waals surface area contributed by atoms with Crippen molar-refractivity contribution in [1.29, 1.82) is 0 Å². The lowest BCUT2D eigenvalue weighted by Gasteiger charge is -2.35. The number of aromatic nitrogens is 2. The van der Waals surface area contributed by atoms with Crippen LogP contribution in [0.1, 0.15) is 39.9 Å². The first-order valence-corrected chi connectivity index (χ1v) is 13.5. The van der Waals surface area contributed by atoms with Crippen molar-refractivity contribution >= 4 is 17.7 Å². The number of amides is 3. The van der Waals surface area contributed by atoms with Crippen LogP contribution in [0.15, 0.2) is 78.9 Å². The number of piperidine rings is 1. The van der Waals surface area contributed by atoms with Gasteiger partial charge in [0.1, 0.15) is 11.8 Å². The van der Waals surface area contributed by atoms with Crippen LogP contribution in [-0.2, 0) is 29.2 Å². The van der Waals surface area contributed by atoms with Crippen LogP contribution in [0.4, 0.5) is 0 Å². The van der Waals surface area contributed by atoms with Crippen LogP contribution in [0.3, 0.4) is 0 Å². The number of carbonyl (C=O) groups is 3. The molecule has 0 aliphatic carbocycles. The summed E-state index contributed by atoms with van der Waals surface area (Å²) in [7, 11) is 3.20. The fraction of sp³-hybridized carbons (Fsp3) is 0.250. The van der Waals surface area contributed by atoms with Crippen molar-refractivity contribution in [3.05, 3.63) is 101 Å². The second-order valence-electron chi connectivity index (χ2n) is 10.2. The molecule has 1 unspecified atom stereocenters. The molecule has 0 saturated carbocycles. The number of imide groups is 1. The summed E-state index contributed by atoms with van der Waals surface area (Å²) >= 11 is 0. The molecule has 1 aromatic heterocycles. The standard InChI is InChI=1S/C32H30N4O5/c1-40-25-11-8-22(9-12-25)18-35-29(37)15-14-28(32(35)39)34-20-24-16-23(10-13-26(24)31(34)38)27-17-30(41-2)36(33-27)19-21-6-4-3-5-7-21/h3-13,16-17,28H,14-15,18-20H2,1-2H3. The molecule has 0 N–H and O–H groups in total. The normalized spacial score (nSPS) is 16.7. The summed E-state index contributed by atoms with van der Waals surface area (Å²) in [4.78, 5) is 42.5. The predicted octanol–water partition coefficient (Wildman–Crippen LogP) is 4.29. The van der Waals surface area contributed by atoms with Crippen LogP contribution in [0.2, 0.25) is 0 Å². The summed E-state index contributed by atoms with van der Waals surface area (Å²) in [5.41, 5.74) is 4.90. The van der Waals surface area contributed by atoms with E-state index in [4.69, 9.17) is 14.6 Å². The van der Waals surface area contributed by atoms with Crippen molar-refractivity contribution in [2.24, 2.45) is 0 Å². The number of benzene rings is 3. The summed E-state index contributed by atoms with van der Waals surface area (Å²) in [6.45, 7) is 1.02. The van der Waals surface area contributed by atoms with E-state index in [9.17, 15) is 14.4 Å². The number of likely N-dealkylation sites (tertiary alicyclic amines) is 1. The van der Waals surface area contributed by atoms with Crippen LogP contribution < -0.4 is 9.47 Å². The quantitative estimate of drug-likeness (QED) is 0.304. The van der Waals surface area contributed by atoms with Gasteiger partial charge in [-0.25, -0.2) is 4.68 Å². The summed E-state index contributed by atoms with van der Waals surface area (Å²) in [6, 6.07) is 24.1. The van der Waals surface area contributed by atoms with Crippen LogP contribution in [0.5, 0.6) is 11.6 Å². The highest BCUT2D eigenvalue weighted by Crippen LogP contribution is 2.33. The van der Waals surface area contributed by atoms with E-state index in [0.29, 0.717) is 36.7 Å². The largest absolute Gasteiger partial charge is 0.497 e. The van der Waals surface area contributed by atoms with Crippen LogP contribution in [0.25, 0.3) is 11.3 Å². The minimum absolute atomic E-state index is 0.158. The molecule has 9 heteroatoms. The van der Waals surface area contributed by atoms with Gasteiger partial charge in [-0.1, -0.05) is 48.5 Å². The Bertz CT molecular complexity index is 1610. The fourth-order valence-electron chi connectivity index (χ4n) is 5.52. The second-order valence-corrected chi connectivity index (χ2v) is 10.2. The number of methoxy groups -OCH3 is 2. The van der Waals surface area contributed by atoms with Gasteiger partial charge in [-0.05, 0) is 47.4 Å². The maximum atomic E-state index is 13.5. The molecule has 2 aliphatic rings. The van der Waals surface area contributed by atoms with Gasteiger partial charge in [-0.2, -0.15) is 5.10 Å².